The van der Waals surface area contributed by atoms with Crippen LogP contribution >= 0.6 is 0 Å². The number of sulfonamides is 1. The third kappa shape index (κ3) is 5.35. The molecule has 1 heterocycles. The van der Waals surface area contributed by atoms with Crippen LogP contribution in [-0.2, 0) is 10.0 Å². The second-order valence-corrected chi connectivity index (χ2v) is 7.41. The highest BCUT2D eigenvalue weighted by Crippen LogP contribution is 2.18. The highest BCUT2D eigenvalue weighted by atomic mass is 32.2. The van der Waals surface area contributed by atoms with E-state index in [4.69, 9.17) is 0 Å². The molecule has 0 aromatic heterocycles. The van der Waals surface area contributed by atoms with Crippen molar-refractivity contribution >= 4 is 10.0 Å². The first-order chi connectivity index (χ1) is 9.05. The Labute approximate surface area is 115 Å². The number of aliphatic hydroxyl groups excluding tert-OH is 1. The molecule has 0 bridgehead atoms. The molecule has 112 valence electrons. The second kappa shape index (κ2) is 6.99. The maximum Gasteiger partial charge on any atom is 0.213 e. The van der Waals surface area contributed by atoms with Crippen molar-refractivity contribution in [1.29, 1.82) is 0 Å². The molecule has 2 rings (SSSR count). The van der Waals surface area contributed by atoms with E-state index in [-0.39, 0.29) is 17.9 Å². The summed E-state index contributed by atoms with van der Waals surface area (Å²) in [4.78, 5) is 2.18. The van der Waals surface area contributed by atoms with Crippen molar-refractivity contribution in [2.45, 2.75) is 37.8 Å². The molecule has 0 unspecified atom stereocenters. The summed E-state index contributed by atoms with van der Waals surface area (Å²) in [6, 6.07) is 0.0106. The smallest absolute Gasteiger partial charge is 0.213 e. The van der Waals surface area contributed by atoms with Crippen LogP contribution < -0.4 is 10.0 Å². The van der Waals surface area contributed by atoms with Gasteiger partial charge in [0.05, 0.1) is 11.9 Å². The Hall–Kier alpha value is -0.210. The zero-order valence-electron chi connectivity index (χ0n) is 11.3. The molecule has 1 saturated heterocycles. The number of aliphatic hydroxyl groups is 1. The Morgan fingerprint density at radius 2 is 1.79 bits per heavy atom. The fourth-order valence-corrected chi connectivity index (χ4v) is 4.05. The van der Waals surface area contributed by atoms with E-state index >= 15 is 0 Å². The summed E-state index contributed by atoms with van der Waals surface area (Å²) in [6.07, 6.45) is 2.64. The van der Waals surface area contributed by atoms with Crippen LogP contribution in [0.5, 0.6) is 0 Å². The SMILES string of the molecule is O=S(=O)(CCN1CCNCC1)NC1CCC(O)CC1. The lowest BCUT2D eigenvalue weighted by atomic mass is 9.94. The topological polar surface area (TPSA) is 81.7 Å². The number of nitrogens with zero attached hydrogens (tertiary/aromatic N) is 1. The second-order valence-electron chi connectivity index (χ2n) is 5.53. The highest BCUT2D eigenvalue weighted by Gasteiger charge is 2.24. The molecule has 6 nitrogen and oxygen atoms in total. The quantitative estimate of drug-likeness (QED) is 0.612. The zero-order valence-corrected chi connectivity index (χ0v) is 12.2. The first-order valence-electron chi connectivity index (χ1n) is 7.16. The van der Waals surface area contributed by atoms with Crippen LogP contribution in [0.15, 0.2) is 0 Å². The van der Waals surface area contributed by atoms with Gasteiger partial charge in [-0.05, 0) is 25.7 Å². The summed E-state index contributed by atoms with van der Waals surface area (Å²) < 4.78 is 26.8. The molecule has 0 atom stereocenters. The van der Waals surface area contributed by atoms with Crippen molar-refractivity contribution in [3.63, 3.8) is 0 Å². The molecular formula is C12H25N3O3S. The van der Waals surface area contributed by atoms with Crippen molar-refractivity contribution in [3.8, 4) is 0 Å². The van der Waals surface area contributed by atoms with E-state index in [1.807, 2.05) is 0 Å². The van der Waals surface area contributed by atoms with Crippen molar-refractivity contribution in [2.75, 3.05) is 38.5 Å². The van der Waals surface area contributed by atoms with Gasteiger partial charge in [-0.1, -0.05) is 0 Å². The minimum absolute atomic E-state index is 0.0106. The average molecular weight is 291 g/mol. The third-order valence-corrected chi connectivity index (χ3v) is 5.34. The lowest BCUT2D eigenvalue weighted by molar-refractivity contribution is 0.120. The van der Waals surface area contributed by atoms with E-state index in [2.05, 4.69) is 14.9 Å². The average Bonchev–Trinajstić information content (AvgIpc) is 2.40. The minimum atomic E-state index is -3.19. The molecule has 19 heavy (non-hydrogen) atoms. The third-order valence-electron chi connectivity index (χ3n) is 3.93. The van der Waals surface area contributed by atoms with Gasteiger partial charge in [-0.15, -0.1) is 0 Å². The van der Waals surface area contributed by atoms with Crippen LogP contribution in [0.25, 0.3) is 0 Å². The van der Waals surface area contributed by atoms with Gasteiger partial charge in [0.2, 0.25) is 10.0 Å². The maximum absolute atomic E-state index is 12.0. The molecule has 2 fully saturated rings. The molecule has 0 amide bonds. The zero-order chi connectivity index (χ0) is 13.7. The number of rotatable bonds is 5. The molecule has 7 heteroatoms. The lowest BCUT2D eigenvalue weighted by Gasteiger charge is -2.28. The summed E-state index contributed by atoms with van der Waals surface area (Å²) in [5, 5.41) is 12.7. The van der Waals surface area contributed by atoms with Crippen LogP contribution in [0.3, 0.4) is 0 Å². The van der Waals surface area contributed by atoms with E-state index in [9.17, 15) is 13.5 Å². The molecule has 3 N–H and O–H groups in total. The summed E-state index contributed by atoms with van der Waals surface area (Å²) >= 11 is 0. The van der Waals surface area contributed by atoms with E-state index in [0.717, 1.165) is 39.0 Å². The van der Waals surface area contributed by atoms with Crippen molar-refractivity contribution in [3.05, 3.63) is 0 Å². The summed E-state index contributed by atoms with van der Waals surface area (Å²) in [7, 11) is -3.19. The number of hydrogen-bond donors (Lipinski definition) is 3. The first kappa shape index (κ1) is 15.2. The Bertz CT molecular complexity index is 360. The Morgan fingerprint density at radius 3 is 2.42 bits per heavy atom. The largest absolute Gasteiger partial charge is 0.393 e. The fourth-order valence-electron chi connectivity index (χ4n) is 2.69. The monoisotopic (exact) mass is 291 g/mol. The molecule has 0 aromatic carbocycles. The predicted octanol–water partition coefficient (Wildman–Crippen LogP) is -0.885. The van der Waals surface area contributed by atoms with E-state index < -0.39 is 10.0 Å². The number of nitrogens with one attached hydrogen (secondary N) is 2. The van der Waals surface area contributed by atoms with E-state index in [1.54, 1.807) is 0 Å². The summed E-state index contributed by atoms with van der Waals surface area (Å²) in [5.41, 5.74) is 0. The van der Waals surface area contributed by atoms with Gasteiger partial charge in [0, 0.05) is 38.8 Å². The number of hydrogen-bond acceptors (Lipinski definition) is 5. The molecule has 2 aliphatic rings. The first-order valence-corrected chi connectivity index (χ1v) is 8.81. The lowest BCUT2D eigenvalue weighted by Crippen LogP contribution is -2.47. The molecule has 1 aliphatic carbocycles. The summed E-state index contributed by atoms with van der Waals surface area (Å²) in [6.45, 7) is 4.32. The fraction of sp³-hybridized carbons (Fsp3) is 1.00. The van der Waals surface area contributed by atoms with Gasteiger partial charge in [0.25, 0.3) is 0 Å². The van der Waals surface area contributed by atoms with Crippen molar-refractivity contribution in [1.82, 2.24) is 14.9 Å². The van der Waals surface area contributed by atoms with Gasteiger partial charge in [-0.2, -0.15) is 0 Å². The minimum Gasteiger partial charge on any atom is -0.393 e. The normalized spacial score (nSPS) is 30.4. The van der Waals surface area contributed by atoms with Gasteiger partial charge in [0.1, 0.15) is 0 Å². The molecule has 0 aromatic rings. The Balaban J connectivity index is 1.72. The van der Waals surface area contributed by atoms with Crippen LogP contribution in [0, 0.1) is 0 Å². The Kier molecular flexibility index (Phi) is 5.58. The van der Waals surface area contributed by atoms with Gasteiger partial charge >= 0.3 is 0 Å². The number of piperazine rings is 1. The van der Waals surface area contributed by atoms with E-state index in [1.165, 1.54) is 0 Å². The standard InChI is InChI=1S/C12H25N3O3S/c16-12-3-1-11(2-4-12)14-19(17,18)10-9-15-7-5-13-6-8-15/h11-14,16H,1-10H2. The summed E-state index contributed by atoms with van der Waals surface area (Å²) in [5.74, 6) is 0.173. The van der Waals surface area contributed by atoms with Crippen LogP contribution in [-0.4, -0.2) is 69.0 Å². The molecular weight excluding hydrogens is 266 g/mol. The van der Waals surface area contributed by atoms with E-state index in [0.29, 0.717) is 19.4 Å². The van der Waals surface area contributed by atoms with Gasteiger partial charge in [-0.25, -0.2) is 13.1 Å². The van der Waals surface area contributed by atoms with Crippen LogP contribution in [0.4, 0.5) is 0 Å². The highest BCUT2D eigenvalue weighted by molar-refractivity contribution is 7.89. The van der Waals surface area contributed by atoms with Crippen LogP contribution in [0.1, 0.15) is 25.7 Å². The molecule has 0 spiro atoms. The van der Waals surface area contributed by atoms with Gasteiger partial charge in [0.15, 0.2) is 0 Å². The molecule has 1 saturated carbocycles. The Morgan fingerprint density at radius 1 is 1.16 bits per heavy atom. The maximum atomic E-state index is 12.0. The molecule has 1 aliphatic heterocycles. The predicted molar refractivity (Wildman–Crippen MR) is 74.5 cm³/mol. The van der Waals surface area contributed by atoms with Crippen LogP contribution in [0.2, 0.25) is 0 Å². The van der Waals surface area contributed by atoms with Gasteiger partial charge in [-0.3, -0.25) is 4.90 Å². The van der Waals surface area contributed by atoms with Gasteiger partial charge < -0.3 is 10.4 Å². The van der Waals surface area contributed by atoms with Crippen molar-refractivity contribution < 1.29 is 13.5 Å². The van der Waals surface area contributed by atoms with Crippen molar-refractivity contribution in [2.24, 2.45) is 0 Å². The molecule has 0 radical (unpaired) electrons.